The van der Waals surface area contributed by atoms with E-state index in [0.717, 1.165) is 0 Å². The molecule has 2 aliphatic rings. The maximum atomic E-state index is 2.40. The molecule has 16 heavy (non-hydrogen) atoms. The van der Waals surface area contributed by atoms with Crippen LogP contribution in [-0.4, -0.2) is 0 Å². The standard InChI is InChI=1S/C16H18/c1-16(11-5-2-6-12-16)15-10-9-13-7-3-4-8-14(13)15/h2-8,11,15H,9-10,12H2,1H3. The molecule has 0 saturated carbocycles. The lowest BCUT2D eigenvalue weighted by Crippen LogP contribution is -2.22. The second-order valence-corrected chi connectivity index (χ2v) is 5.29. The van der Waals surface area contributed by atoms with E-state index in [9.17, 15) is 0 Å². The number of hydrogen-bond acceptors (Lipinski definition) is 0. The Bertz CT molecular complexity index is 453. The normalized spacial score (nSPS) is 31.7. The van der Waals surface area contributed by atoms with Crippen LogP contribution >= 0.6 is 0 Å². The molecule has 2 atom stereocenters. The molecule has 1 aromatic rings. The maximum Gasteiger partial charge on any atom is -0.00400 e. The summed E-state index contributed by atoms with van der Waals surface area (Å²) < 4.78 is 0. The molecule has 0 fully saturated rings. The van der Waals surface area contributed by atoms with E-state index in [4.69, 9.17) is 0 Å². The van der Waals surface area contributed by atoms with Gasteiger partial charge in [-0.15, -0.1) is 0 Å². The number of hydrogen-bond donors (Lipinski definition) is 0. The lowest BCUT2D eigenvalue weighted by molar-refractivity contribution is 0.334. The van der Waals surface area contributed by atoms with Gasteiger partial charge >= 0.3 is 0 Å². The van der Waals surface area contributed by atoms with Crippen molar-refractivity contribution >= 4 is 0 Å². The monoisotopic (exact) mass is 210 g/mol. The van der Waals surface area contributed by atoms with Gasteiger partial charge in [0.15, 0.2) is 0 Å². The Morgan fingerprint density at radius 3 is 2.88 bits per heavy atom. The van der Waals surface area contributed by atoms with Crippen LogP contribution < -0.4 is 0 Å². The smallest absolute Gasteiger partial charge is 0.00400 e. The van der Waals surface area contributed by atoms with Crippen molar-refractivity contribution in [2.45, 2.75) is 32.1 Å². The average Bonchev–Trinajstić information content (AvgIpc) is 2.74. The third-order valence-corrected chi connectivity index (χ3v) is 4.21. The third-order valence-electron chi connectivity index (χ3n) is 4.21. The molecule has 0 heteroatoms. The van der Waals surface area contributed by atoms with Crippen molar-refractivity contribution in [3.8, 4) is 0 Å². The molecule has 0 aromatic heterocycles. The minimum Gasteiger partial charge on any atom is -0.0837 e. The molecule has 3 rings (SSSR count). The van der Waals surface area contributed by atoms with Crippen LogP contribution in [-0.2, 0) is 6.42 Å². The summed E-state index contributed by atoms with van der Waals surface area (Å²) >= 11 is 0. The lowest BCUT2D eigenvalue weighted by atomic mass is 9.70. The Morgan fingerprint density at radius 1 is 1.19 bits per heavy atom. The molecule has 82 valence electrons. The van der Waals surface area contributed by atoms with Gasteiger partial charge < -0.3 is 0 Å². The van der Waals surface area contributed by atoms with Crippen molar-refractivity contribution in [2.24, 2.45) is 5.41 Å². The number of benzene rings is 1. The summed E-state index contributed by atoms with van der Waals surface area (Å²) in [5.74, 6) is 0.713. The van der Waals surface area contributed by atoms with E-state index >= 15 is 0 Å². The predicted octanol–water partition coefficient (Wildman–Crippen LogP) is 4.24. The molecule has 0 radical (unpaired) electrons. The van der Waals surface area contributed by atoms with Crippen LogP contribution in [0.4, 0.5) is 0 Å². The average molecular weight is 210 g/mol. The van der Waals surface area contributed by atoms with Crippen LogP contribution in [0.2, 0.25) is 0 Å². The van der Waals surface area contributed by atoms with E-state index in [1.165, 1.54) is 19.3 Å². The van der Waals surface area contributed by atoms with Gasteiger partial charge in [0.25, 0.3) is 0 Å². The highest BCUT2D eigenvalue weighted by Gasteiger charge is 2.36. The summed E-state index contributed by atoms with van der Waals surface area (Å²) in [7, 11) is 0. The molecular formula is C16H18. The van der Waals surface area contributed by atoms with Gasteiger partial charge in [0, 0.05) is 0 Å². The Balaban J connectivity index is 1.98. The lowest BCUT2D eigenvalue weighted by Gasteiger charge is -2.34. The van der Waals surface area contributed by atoms with Crippen molar-refractivity contribution in [1.29, 1.82) is 0 Å². The van der Waals surface area contributed by atoms with Gasteiger partial charge in [0.2, 0.25) is 0 Å². The second kappa shape index (κ2) is 3.62. The van der Waals surface area contributed by atoms with Gasteiger partial charge in [0.1, 0.15) is 0 Å². The molecule has 0 bridgehead atoms. The molecular weight excluding hydrogens is 192 g/mol. The highest BCUT2D eigenvalue weighted by molar-refractivity contribution is 5.38. The number of aryl methyl sites for hydroxylation is 1. The molecule has 1 aromatic carbocycles. The zero-order valence-electron chi connectivity index (χ0n) is 9.82. The molecule has 2 aliphatic carbocycles. The van der Waals surface area contributed by atoms with Crippen LogP contribution in [0.5, 0.6) is 0 Å². The molecule has 0 amide bonds. The van der Waals surface area contributed by atoms with Crippen molar-refractivity contribution in [3.05, 3.63) is 59.7 Å². The topological polar surface area (TPSA) is 0 Å². The zero-order valence-corrected chi connectivity index (χ0v) is 9.82. The van der Waals surface area contributed by atoms with Crippen LogP contribution in [0.15, 0.2) is 48.6 Å². The molecule has 0 heterocycles. The van der Waals surface area contributed by atoms with Gasteiger partial charge in [-0.3, -0.25) is 0 Å². The fraction of sp³-hybridized carbons (Fsp3) is 0.375. The number of rotatable bonds is 1. The summed E-state index contributed by atoms with van der Waals surface area (Å²) in [6, 6.07) is 8.97. The largest absolute Gasteiger partial charge is 0.0837 e. The van der Waals surface area contributed by atoms with Crippen LogP contribution in [0, 0.1) is 5.41 Å². The first-order valence-electron chi connectivity index (χ1n) is 6.22. The van der Waals surface area contributed by atoms with E-state index in [1.807, 2.05) is 0 Å². The molecule has 0 nitrogen and oxygen atoms in total. The van der Waals surface area contributed by atoms with Gasteiger partial charge in [-0.2, -0.15) is 0 Å². The van der Waals surface area contributed by atoms with E-state index in [0.29, 0.717) is 11.3 Å². The highest BCUT2D eigenvalue weighted by atomic mass is 14.4. The van der Waals surface area contributed by atoms with Crippen LogP contribution in [0.25, 0.3) is 0 Å². The number of fused-ring (bicyclic) bond motifs is 1. The second-order valence-electron chi connectivity index (χ2n) is 5.29. The maximum absolute atomic E-state index is 2.40. The van der Waals surface area contributed by atoms with Crippen molar-refractivity contribution in [1.82, 2.24) is 0 Å². The summed E-state index contributed by atoms with van der Waals surface area (Å²) in [6.45, 7) is 2.40. The fourth-order valence-corrected chi connectivity index (χ4v) is 3.24. The van der Waals surface area contributed by atoms with Gasteiger partial charge in [0.05, 0.1) is 0 Å². The Labute approximate surface area is 97.7 Å². The zero-order chi connectivity index (χ0) is 11.0. The molecule has 0 N–H and O–H groups in total. The van der Waals surface area contributed by atoms with Crippen LogP contribution in [0.3, 0.4) is 0 Å². The number of allylic oxidation sites excluding steroid dienone is 4. The fourth-order valence-electron chi connectivity index (χ4n) is 3.24. The van der Waals surface area contributed by atoms with Gasteiger partial charge in [-0.25, -0.2) is 0 Å². The first-order chi connectivity index (χ1) is 7.80. The van der Waals surface area contributed by atoms with E-state index in [1.54, 1.807) is 11.1 Å². The summed E-state index contributed by atoms with van der Waals surface area (Å²) in [5, 5.41) is 0. The summed E-state index contributed by atoms with van der Waals surface area (Å²) in [5.41, 5.74) is 3.49. The Hall–Kier alpha value is -1.30. The quantitative estimate of drug-likeness (QED) is 0.650. The van der Waals surface area contributed by atoms with Crippen molar-refractivity contribution in [2.75, 3.05) is 0 Å². The first kappa shape index (κ1) is 9.89. The third kappa shape index (κ3) is 1.44. The highest BCUT2D eigenvalue weighted by Crippen LogP contribution is 2.48. The Morgan fingerprint density at radius 2 is 2.06 bits per heavy atom. The Kier molecular flexibility index (Phi) is 2.24. The molecule has 0 aliphatic heterocycles. The molecule has 0 spiro atoms. The van der Waals surface area contributed by atoms with Crippen molar-refractivity contribution < 1.29 is 0 Å². The minimum atomic E-state index is 0.335. The van der Waals surface area contributed by atoms with Crippen molar-refractivity contribution in [3.63, 3.8) is 0 Å². The first-order valence-corrected chi connectivity index (χ1v) is 6.22. The molecule has 2 unspecified atom stereocenters. The van der Waals surface area contributed by atoms with Gasteiger partial charge in [-0.1, -0.05) is 55.5 Å². The van der Waals surface area contributed by atoms with Gasteiger partial charge in [-0.05, 0) is 41.7 Å². The van der Waals surface area contributed by atoms with E-state index in [2.05, 4.69) is 55.5 Å². The van der Waals surface area contributed by atoms with E-state index < -0.39 is 0 Å². The minimum absolute atomic E-state index is 0.335. The molecule has 0 saturated heterocycles. The van der Waals surface area contributed by atoms with E-state index in [-0.39, 0.29) is 0 Å². The predicted molar refractivity (Wildman–Crippen MR) is 68.5 cm³/mol. The summed E-state index contributed by atoms with van der Waals surface area (Å²) in [6.07, 6.45) is 12.8. The van der Waals surface area contributed by atoms with Crippen LogP contribution in [0.1, 0.15) is 36.8 Å². The summed E-state index contributed by atoms with van der Waals surface area (Å²) in [4.78, 5) is 0. The SMILES string of the molecule is CC1(C2CCc3ccccc32)C=CC=CC1.